The van der Waals surface area contributed by atoms with Gasteiger partial charge in [-0.15, -0.1) is 11.6 Å². The third-order valence-corrected chi connectivity index (χ3v) is 4.15. The summed E-state index contributed by atoms with van der Waals surface area (Å²) in [4.78, 5) is 0.121. The molecule has 0 heterocycles. The van der Waals surface area contributed by atoms with Crippen LogP contribution in [-0.4, -0.2) is 8.42 Å². The predicted molar refractivity (Wildman–Crippen MR) is 77.5 cm³/mol. The van der Waals surface area contributed by atoms with Crippen molar-refractivity contribution in [3.63, 3.8) is 0 Å². The van der Waals surface area contributed by atoms with E-state index >= 15 is 0 Å². The van der Waals surface area contributed by atoms with Crippen LogP contribution in [0.1, 0.15) is 11.1 Å². The number of hydrogen-bond acceptors (Lipinski definition) is 2. The maximum atomic E-state index is 11.7. The first-order chi connectivity index (χ1) is 8.93. The largest absolute Gasteiger partial charge is 0.238 e. The van der Waals surface area contributed by atoms with Gasteiger partial charge in [0.15, 0.2) is 0 Å². The van der Waals surface area contributed by atoms with Crippen LogP contribution in [0, 0.1) is 6.92 Å². The zero-order valence-corrected chi connectivity index (χ0v) is 12.0. The summed E-state index contributed by atoms with van der Waals surface area (Å²) >= 11 is 5.91. The maximum Gasteiger partial charge on any atom is 0.238 e. The molecule has 0 bridgehead atoms. The Bertz CT molecular complexity index is 711. The van der Waals surface area contributed by atoms with Gasteiger partial charge in [-0.05, 0) is 24.1 Å². The Hall–Kier alpha value is -1.36. The van der Waals surface area contributed by atoms with Crippen LogP contribution in [0.4, 0.5) is 0 Å². The Morgan fingerprint density at radius 1 is 1.11 bits per heavy atom. The van der Waals surface area contributed by atoms with Crippen LogP contribution in [0.2, 0.25) is 0 Å². The lowest BCUT2D eigenvalue weighted by atomic mass is 9.99. The van der Waals surface area contributed by atoms with E-state index in [0.29, 0.717) is 11.4 Å². The molecule has 0 aromatic heterocycles. The summed E-state index contributed by atoms with van der Waals surface area (Å²) in [6.07, 6.45) is 0. The number of sulfonamides is 1. The van der Waals surface area contributed by atoms with Crippen LogP contribution < -0.4 is 5.14 Å². The Balaban J connectivity index is 2.78. The van der Waals surface area contributed by atoms with Gasteiger partial charge in [-0.2, -0.15) is 0 Å². The van der Waals surface area contributed by atoms with Crippen molar-refractivity contribution in [3.05, 3.63) is 53.6 Å². The van der Waals surface area contributed by atoms with E-state index < -0.39 is 10.0 Å². The summed E-state index contributed by atoms with van der Waals surface area (Å²) in [5.74, 6) is 0.314. The zero-order valence-electron chi connectivity index (χ0n) is 10.4. The van der Waals surface area contributed by atoms with Gasteiger partial charge in [0.05, 0.1) is 4.90 Å². The van der Waals surface area contributed by atoms with E-state index in [4.69, 9.17) is 16.7 Å². The Morgan fingerprint density at radius 2 is 1.79 bits per heavy atom. The lowest BCUT2D eigenvalue weighted by molar-refractivity contribution is 0.598. The molecule has 0 amide bonds. The molecule has 2 aromatic rings. The van der Waals surface area contributed by atoms with Crippen molar-refractivity contribution in [3.8, 4) is 11.1 Å². The number of rotatable bonds is 3. The highest BCUT2D eigenvalue weighted by atomic mass is 35.5. The number of benzene rings is 2. The summed E-state index contributed by atoms with van der Waals surface area (Å²) < 4.78 is 23.4. The van der Waals surface area contributed by atoms with Crippen molar-refractivity contribution in [2.75, 3.05) is 0 Å². The van der Waals surface area contributed by atoms with E-state index in [1.807, 2.05) is 37.3 Å². The predicted octanol–water partition coefficient (Wildman–Crippen LogP) is 3.05. The number of nitrogens with two attached hydrogens (primary N) is 1. The molecule has 0 spiro atoms. The van der Waals surface area contributed by atoms with Gasteiger partial charge in [0.2, 0.25) is 10.0 Å². The van der Waals surface area contributed by atoms with Crippen molar-refractivity contribution in [1.82, 2.24) is 0 Å². The Kier molecular flexibility index (Phi) is 3.94. The molecule has 2 aromatic carbocycles. The average Bonchev–Trinajstić information content (AvgIpc) is 2.37. The maximum absolute atomic E-state index is 11.7. The number of halogens is 1. The van der Waals surface area contributed by atoms with E-state index in [0.717, 1.165) is 16.7 Å². The molecule has 0 saturated heterocycles. The second-order valence-electron chi connectivity index (χ2n) is 4.34. The standard InChI is InChI=1S/C14H14ClNO2S/c1-10-6-7-14(19(16,17)18)13(8-10)12-5-3-2-4-11(12)9-15/h2-8H,9H2,1H3,(H2,16,17,18). The average molecular weight is 296 g/mol. The van der Waals surface area contributed by atoms with Crippen molar-refractivity contribution in [2.45, 2.75) is 17.7 Å². The second-order valence-corrected chi connectivity index (χ2v) is 6.13. The van der Waals surface area contributed by atoms with Crippen molar-refractivity contribution < 1.29 is 8.42 Å². The minimum absolute atomic E-state index is 0.121. The normalized spacial score (nSPS) is 11.5. The molecule has 0 aliphatic rings. The van der Waals surface area contributed by atoms with E-state index in [1.54, 1.807) is 6.07 Å². The van der Waals surface area contributed by atoms with E-state index in [2.05, 4.69) is 0 Å². The summed E-state index contributed by atoms with van der Waals surface area (Å²) in [7, 11) is -3.77. The van der Waals surface area contributed by atoms with Crippen molar-refractivity contribution >= 4 is 21.6 Å². The zero-order chi connectivity index (χ0) is 14.0. The smallest absolute Gasteiger partial charge is 0.225 e. The molecule has 0 saturated carbocycles. The number of hydrogen-bond donors (Lipinski definition) is 1. The molecule has 0 unspecified atom stereocenters. The summed E-state index contributed by atoms with van der Waals surface area (Å²) in [5, 5.41) is 5.28. The van der Waals surface area contributed by atoms with Crippen molar-refractivity contribution in [1.29, 1.82) is 0 Å². The summed E-state index contributed by atoms with van der Waals surface area (Å²) in [6, 6.07) is 12.5. The lowest BCUT2D eigenvalue weighted by Gasteiger charge is -2.12. The van der Waals surface area contributed by atoms with Crippen molar-refractivity contribution in [2.24, 2.45) is 5.14 Å². The van der Waals surface area contributed by atoms with Crippen LogP contribution in [0.3, 0.4) is 0 Å². The first-order valence-electron chi connectivity index (χ1n) is 5.71. The highest BCUT2D eigenvalue weighted by Crippen LogP contribution is 2.31. The fourth-order valence-corrected chi connectivity index (χ4v) is 2.97. The first-order valence-corrected chi connectivity index (χ1v) is 7.79. The molecule has 3 nitrogen and oxygen atoms in total. The fourth-order valence-electron chi connectivity index (χ4n) is 2.00. The highest BCUT2D eigenvalue weighted by molar-refractivity contribution is 7.89. The third kappa shape index (κ3) is 2.97. The molecule has 0 atom stereocenters. The third-order valence-electron chi connectivity index (χ3n) is 2.89. The SMILES string of the molecule is Cc1ccc(S(N)(=O)=O)c(-c2ccccc2CCl)c1. The van der Waals surface area contributed by atoms with E-state index in [-0.39, 0.29) is 4.90 Å². The second kappa shape index (κ2) is 5.33. The van der Waals surface area contributed by atoms with Crippen LogP contribution in [-0.2, 0) is 15.9 Å². The van der Waals surface area contributed by atoms with Crippen LogP contribution >= 0.6 is 11.6 Å². The van der Waals surface area contributed by atoms with Gasteiger partial charge < -0.3 is 0 Å². The van der Waals surface area contributed by atoms with Gasteiger partial charge >= 0.3 is 0 Å². The van der Waals surface area contributed by atoms with E-state index in [9.17, 15) is 8.42 Å². The number of primary sulfonamides is 1. The lowest BCUT2D eigenvalue weighted by Crippen LogP contribution is -2.13. The van der Waals surface area contributed by atoms with Crippen LogP contribution in [0.15, 0.2) is 47.4 Å². The highest BCUT2D eigenvalue weighted by Gasteiger charge is 2.16. The quantitative estimate of drug-likeness (QED) is 0.885. The summed E-state index contributed by atoms with van der Waals surface area (Å²) in [6.45, 7) is 1.90. The molecule has 0 fully saturated rings. The summed E-state index contributed by atoms with van der Waals surface area (Å²) in [5.41, 5.74) is 3.23. The van der Waals surface area contributed by atoms with Gasteiger partial charge in [0.25, 0.3) is 0 Å². The molecular formula is C14H14ClNO2S. The first kappa shape index (κ1) is 14.1. The molecular weight excluding hydrogens is 282 g/mol. The minimum atomic E-state index is -3.77. The van der Waals surface area contributed by atoms with Gasteiger partial charge in [0, 0.05) is 11.4 Å². The van der Waals surface area contributed by atoms with E-state index in [1.165, 1.54) is 6.07 Å². The monoisotopic (exact) mass is 295 g/mol. The molecule has 0 aliphatic heterocycles. The number of alkyl halides is 1. The molecule has 0 radical (unpaired) electrons. The molecule has 2 rings (SSSR count). The number of aryl methyl sites for hydroxylation is 1. The van der Waals surface area contributed by atoms with Gasteiger partial charge in [-0.25, -0.2) is 13.6 Å². The minimum Gasteiger partial charge on any atom is -0.225 e. The molecule has 19 heavy (non-hydrogen) atoms. The topological polar surface area (TPSA) is 60.2 Å². The Morgan fingerprint density at radius 3 is 2.42 bits per heavy atom. The van der Waals surface area contributed by atoms with Gasteiger partial charge in [0.1, 0.15) is 0 Å². The van der Waals surface area contributed by atoms with Crippen LogP contribution in [0.25, 0.3) is 11.1 Å². The molecule has 100 valence electrons. The molecule has 0 aliphatic carbocycles. The Labute approximate surface area is 118 Å². The molecule has 2 N–H and O–H groups in total. The van der Waals surface area contributed by atoms with Gasteiger partial charge in [-0.3, -0.25) is 0 Å². The molecule has 5 heteroatoms. The van der Waals surface area contributed by atoms with Crippen LogP contribution in [0.5, 0.6) is 0 Å². The fraction of sp³-hybridized carbons (Fsp3) is 0.143. The van der Waals surface area contributed by atoms with Gasteiger partial charge in [-0.1, -0.05) is 42.0 Å².